The summed E-state index contributed by atoms with van der Waals surface area (Å²) in [7, 11) is 0. The highest BCUT2D eigenvalue weighted by atomic mass is 16.2. The molecule has 0 atom stereocenters. The molecule has 0 aromatic heterocycles. The Morgan fingerprint density at radius 1 is 0.800 bits per heavy atom. The maximum Gasteiger partial charge on any atom is 0.282 e. The summed E-state index contributed by atoms with van der Waals surface area (Å²) >= 11 is 0. The first-order valence-electron chi connectivity index (χ1n) is 10.1. The smallest absolute Gasteiger partial charge is 0.282 e. The minimum atomic E-state index is -0.344. The third kappa shape index (κ3) is 3.41. The van der Waals surface area contributed by atoms with Crippen molar-refractivity contribution in [1.29, 1.82) is 0 Å². The number of amides is 2. The number of rotatable bonds is 5. The first-order valence-corrected chi connectivity index (χ1v) is 10.1. The van der Waals surface area contributed by atoms with Gasteiger partial charge in [-0.25, -0.2) is 4.90 Å². The molecule has 0 radical (unpaired) electrons. The van der Waals surface area contributed by atoms with Crippen molar-refractivity contribution in [2.24, 2.45) is 0 Å². The molecule has 0 fully saturated rings. The van der Waals surface area contributed by atoms with E-state index in [0.717, 1.165) is 34.4 Å². The third-order valence-corrected chi connectivity index (χ3v) is 5.61. The number of benzene rings is 3. The Bertz CT molecular complexity index is 1150. The van der Waals surface area contributed by atoms with E-state index in [1.165, 1.54) is 4.90 Å². The lowest BCUT2D eigenvalue weighted by Crippen LogP contribution is -2.32. The normalized spacial score (nSPS) is 13.9. The van der Waals surface area contributed by atoms with E-state index >= 15 is 0 Å². The average Bonchev–Trinajstić information content (AvgIpc) is 3.01. The van der Waals surface area contributed by atoms with Gasteiger partial charge in [0, 0.05) is 5.69 Å². The molecule has 2 amide bonds. The molecule has 1 N–H and O–H groups in total. The Morgan fingerprint density at radius 3 is 2.17 bits per heavy atom. The van der Waals surface area contributed by atoms with Gasteiger partial charge in [0.05, 0.1) is 11.3 Å². The van der Waals surface area contributed by atoms with Crippen molar-refractivity contribution in [1.82, 2.24) is 0 Å². The van der Waals surface area contributed by atoms with Gasteiger partial charge in [0.25, 0.3) is 11.8 Å². The number of nitrogens with zero attached hydrogens (tertiary/aromatic N) is 1. The molecule has 3 aromatic carbocycles. The standard InChI is InChI=1S/C26H24N2O2/c1-4-19-13-15-21(16-14-19)28-25(29)23(20-10-6-5-7-11-20)24(26(28)30)27-22-12-8-9-17(2)18(22)3/h5-16,27H,4H2,1-3H3. The molecule has 30 heavy (non-hydrogen) atoms. The van der Waals surface area contributed by atoms with Gasteiger partial charge >= 0.3 is 0 Å². The molecule has 0 unspecified atom stereocenters. The van der Waals surface area contributed by atoms with Crippen LogP contribution in [0.3, 0.4) is 0 Å². The number of anilines is 2. The summed E-state index contributed by atoms with van der Waals surface area (Å²) in [6.45, 7) is 6.10. The lowest BCUT2D eigenvalue weighted by Gasteiger charge is -2.16. The summed E-state index contributed by atoms with van der Waals surface area (Å²) in [4.78, 5) is 28.1. The molecule has 4 rings (SSSR count). The number of aryl methyl sites for hydroxylation is 2. The van der Waals surface area contributed by atoms with Crippen LogP contribution >= 0.6 is 0 Å². The average molecular weight is 396 g/mol. The summed E-state index contributed by atoms with van der Waals surface area (Å²) in [6, 6.07) is 22.8. The summed E-state index contributed by atoms with van der Waals surface area (Å²) in [5, 5.41) is 3.27. The van der Waals surface area contributed by atoms with Crippen molar-refractivity contribution in [2.75, 3.05) is 10.2 Å². The summed E-state index contributed by atoms with van der Waals surface area (Å²) in [5.74, 6) is -0.660. The molecular formula is C26H24N2O2. The fourth-order valence-corrected chi connectivity index (χ4v) is 3.65. The molecule has 0 aliphatic carbocycles. The van der Waals surface area contributed by atoms with Crippen molar-refractivity contribution in [2.45, 2.75) is 27.2 Å². The topological polar surface area (TPSA) is 49.4 Å². The highest BCUT2D eigenvalue weighted by Gasteiger charge is 2.40. The van der Waals surface area contributed by atoms with Crippen LogP contribution in [0.4, 0.5) is 11.4 Å². The predicted molar refractivity (Wildman–Crippen MR) is 121 cm³/mol. The second kappa shape index (κ2) is 7.99. The van der Waals surface area contributed by atoms with Gasteiger partial charge in [0.1, 0.15) is 5.70 Å². The second-order valence-corrected chi connectivity index (χ2v) is 7.45. The summed E-state index contributed by atoms with van der Waals surface area (Å²) in [6.07, 6.45) is 0.898. The predicted octanol–water partition coefficient (Wildman–Crippen LogP) is 5.26. The second-order valence-electron chi connectivity index (χ2n) is 7.45. The van der Waals surface area contributed by atoms with E-state index in [-0.39, 0.29) is 11.8 Å². The number of nitrogens with one attached hydrogen (secondary N) is 1. The molecule has 150 valence electrons. The third-order valence-electron chi connectivity index (χ3n) is 5.61. The van der Waals surface area contributed by atoms with E-state index < -0.39 is 0 Å². The molecule has 0 spiro atoms. The molecule has 0 bridgehead atoms. The first kappa shape index (κ1) is 19.6. The Kier molecular flexibility index (Phi) is 5.23. The Labute approximate surface area is 176 Å². The van der Waals surface area contributed by atoms with Crippen molar-refractivity contribution in [3.05, 3.63) is 101 Å². The minimum Gasteiger partial charge on any atom is -0.350 e. The number of carbonyl (C=O) groups excluding carboxylic acids is 2. The van der Waals surface area contributed by atoms with E-state index in [2.05, 4.69) is 12.2 Å². The molecule has 1 aliphatic heterocycles. The zero-order chi connectivity index (χ0) is 21.3. The molecule has 4 nitrogen and oxygen atoms in total. The van der Waals surface area contributed by atoms with E-state index in [0.29, 0.717) is 17.0 Å². The highest BCUT2D eigenvalue weighted by molar-refractivity contribution is 6.46. The van der Waals surface area contributed by atoms with E-state index in [1.54, 1.807) is 0 Å². The number of carbonyl (C=O) groups is 2. The SMILES string of the molecule is CCc1ccc(N2C(=O)C(Nc3cccc(C)c3C)=C(c3ccccc3)C2=O)cc1. The van der Waals surface area contributed by atoms with Gasteiger partial charge in [0.2, 0.25) is 0 Å². The number of imide groups is 1. The molecular weight excluding hydrogens is 372 g/mol. The highest BCUT2D eigenvalue weighted by Crippen LogP contribution is 2.34. The maximum absolute atomic E-state index is 13.4. The molecule has 4 heteroatoms. The van der Waals surface area contributed by atoms with Gasteiger partial charge < -0.3 is 5.32 Å². The molecule has 0 saturated carbocycles. The number of hydrogen-bond acceptors (Lipinski definition) is 3. The van der Waals surface area contributed by atoms with Crippen LogP contribution in [0.5, 0.6) is 0 Å². The van der Waals surface area contributed by atoms with Crippen LogP contribution in [0, 0.1) is 13.8 Å². The van der Waals surface area contributed by atoms with Gasteiger partial charge in [-0.05, 0) is 60.7 Å². The summed E-state index contributed by atoms with van der Waals surface area (Å²) < 4.78 is 0. The molecule has 3 aromatic rings. The van der Waals surface area contributed by atoms with Gasteiger partial charge in [-0.2, -0.15) is 0 Å². The molecule has 1 aliphatic rings. The van der Waals surface area contributed by atoms with Gasteiger partial charge in [-0.15, -0.1) is 0 Å². The minimum absolute atomic E-state index is 0.305. The van der Waals surface area contributed by atoms with Crippen molar-refractivity contribution >= 4 is 28.8 Å². The van der Waals surface area contributed by atoms with Crippen molar-refractivity contribution in [3.8, 4) is 0 Å². The van der Waals surface area contributed by atoms with Crippen LogP contribution < -0.4 is 10.2 Å². The number of hydrogen-bond donors (Lipinski definition) is 1. The Hall–Kier alpha value is -3.66. The molecule has 0 saturated heterocycles. The zero-order valence-electron chi connectivity index (χ0n) is 17.4. The van der Waals surface area contributed by atoms with Crippen LogP contribution in [0.15, 0.2) is 78.5 Å². The van der Waals surface area contributed by atoms with Crippen LogP contribution in [-0.4, -0.2) is 11.8 Å². The van der Waals surface area contributed by atoms with Gasteiger partial charge in [0.15, 0.2) is 0 Å². The van der Waals surface area contributed by atoms with Crippen LogP contribution in [0.2, 0.25) is 0 Å². The lowest BCUT2D eigenvalue weighted by molar-refractivity contribution is -0.120. The van der Waals surface area contributed by atoms with Crippen LogP contribution in [-0.2, 0) is 16.0 Å². The molecule has 1 heterocycles. The van der Waals surface area contributed by atoms with E-state index in [4.69, 9.17) is 0 Å². The van der Waals surface area contributed by atoms with Gasteiger partial charge in [-0.1, -0.05) is 61.5 Å². The van der Waals surface area contributed by atoms with Crippen molar-refractivity contribution in [3.63, 3.8) is 0 Å². The fraction of sp³-hybridized carbons (Fsp3) is 0.154. The zero-order valence-corrected chi connectivity index (χ0v) is 17.4. The monoisotopic (exact) mass is 396 g/mol. The summed E-state index contributed by atoms with van der Waals surface area (Å²) in [5.41, 5.74) is 6.13. The largest absolute Gasteiger partial charge is 0.350 e. The van der Waals surface area contributed by atoms with E-state index in [9.17, 15) is 9.59 Å². The van der Waals surface area contributed by atoms with Gasteiger partial charge in [-0.3, -0.25) is 9.59 Å². The fourth-order valence-electron chi connectivity index (χ4n) is 3.65. The Morgan fingerprint density at radius 2 is 1.50 bits per heavy atom. The van der Waals surface area contributed by atoms with Crippen LogP contribution in [0.25, 0.3) is 5.57 Å². The van der Waals surface area contributed by atoms with Crippen molar-refractivity contribution < 1.29 is 9.59 Å². The lowest BCUT2D eigenvalue weighted by atomic mass is 10.0. The van der Waals surface area contributed by atoms with Crippen LogP contribution in [0.1, 0.15) is 29.2 Å². The Balaban J connectivity index is 1.81. The van der Waals surface area contributed by atoms with E-state index in [1.807, 2.05) is 86.6 Å². The quantitative estimate of drug-likeness (QED) is 0.598. The maximum atomic E-state index is 13.4. The first-order chi connectivity index (χ1) is 14.5.